The minimum atomic E-state index is -0.721. The third-order valence-corrected chi connectivity index (χ3v) is 4.32. The second-order valence-corrected chi connectivity index (χ2v) is 6.54. The van der Waals surface area contributed by atoms with E-state index in [-0.39, 0.29) is 5.91 Å². The fourth-order valence-corrected chi connectivity index (χ4v) is 2.92. The standard InChI is InChI=1S/C19H16BrNO4/c1-11-3-7-16(15(20)9-11)21-19(23)12(2)24-14-6-4-13-5-8-18(22)25-17(13)10-14/h3-10,12H,1-2H3,(H,21,23)/t12-/m0/s1. The van der Waals surface area contributed by atoms with Gasteiger partial charge < -0.3 is 14.5 Å². The van der Waals surface area contributed by atoms with Crippen LogP contribution < -0.4 is 15.7 Å². The summed E-state index contributed by atoms with van der Waals surface area (Å²) >= 11 is 3.43. The van der Waals surface area contributed by atoms with E-state index in [9.17, 15) is 9.59 Å². The summed E-state index contributed by atoms with van der Waals surface area (Å²) in [5.41, 5.74) is 1.75. The minimum absolute atomic E-state index is 0.279. The van der Waals surface area contributed by atoms with Gasteiger partial charge in [0, 0.05) is 22.0 Å². The number of fused-ring (bicyclic) bond motifs is 1. The normalized spacial score (nSPS) is 12.0. The van der Waals surface area contributed by atoms with Crippen LogP contribution in [0.25, 0.3) is 11.0 Å². The number of ether oxygens (including phenoxy) is 1. The summed E-state index contributed by atoms with van der Waals surface area (Å²) in [4.78, 5) is 23.6. The highest BCUT2D eigenvalue weighted by Crippen LogP contribution is 2.24. The molecule has 3 rings (SSSR count). The zero-order valence-corrected chi connectivity index (χ0v) is 15.3. The van der Waals surface area contributed by atoms with Crippen LogP contribution in [-0.2, 0) is 4.79 Å². The van der Waals surface area contributed by atoms with Crippen molar-refractivity contribution in [3.8, 4) is 5.75 Å². The molecule has 0 saturated heterocycles. The Morgan fingerprint density at radius 2 is 1.92 bits per heavy atom. The molecule has 0 bridgehead atoms. The van der Waals surface area contributed by atoms with Gasteiger partial charge in [-0.2, -0.15) is 0 Å². The molecule has 5 nitrogen and oxygen atoms in total. The summed E-state index contributed by atoms with van der Waals surface area (Å²) in [6, 6.07) is 13.8. The summed E-state index contributed by atoms with van der Waals surface area (Å²) < 4.78 is 11.6. The number of halogens is 1. The number of anilines is 1. The molecule has 0 aliphatic carbocycles. The lowest BCUT2D eigenvalue weighted by Gasteiger charge is -2.15. The second-order valence-electron chi connectivity index (χ2n) is 5.69. The van der Waals surface area contributed by atoms with Crippen molar-refractivity contribution in [2.24, 2.45) is 0 Å². The van der Waals surface area contributed by atoms with Gasteiger partial charge in [0.05, 0.1) is 5.69 Å². The van der Waals surface area contributed by atoms with Gasteiger partial charge >= 0.3 is 5.63 Å². The fraction of sp³-hybridized carbons (Fsp3) is 0.158. The summed E-state index contributed by atoms with van der Waals surface area (Å²) in [6.07, 6.45) is -0.721. The van der Waals surface area contributed by atoms with Gasteiger partial charge in [-0.25, -0.2) is 4.79 Å². The number of nitrogens with one attached hydrogen (secondary N) is 1. The summed E-state index contributed by atoms with van der Waals surface area (Å²) in [5.74, 6) is 0.173. The molecule has 0 spiro atoms. The molecule has 0 aliphatic heterocycles. The highest BCUT2D eigenvalue weighted by molar-refractivity contribution is 9.10. The van der Waals surface area contributed by atoms with Crippen molar-refractivity contribution in [1.82, 2.24) is 0 Å². The summed E-state index contributed by atoms with van der Waals surface area (Å²) in [5, 5.41) is 3.60. The van der Waals surface area contributed by atoms with Crippen LogP contribution in [0.15, 0.2) is 62.2 Å². The minimum Gasteiger partial charge on any atom is -0.481 e. The number of hydrogen-bond donors (Lipinski definition) is 1. The van der Waals surface area contributed by atoms with Crippen molar-refractivity contribution in [2.75, 3.05) is 5.32 Å². The lowest BCUT2D eigenvalue weighted by molar-refractivity contribution is -0.122. The van der Waals surface area contributed by atoms with Crippen molar-refractivity contribution in [1.29, 1.82) is 0 Å². The van der Waals surface area contributed by atoms with Crippen LogP contribution in [0.5, 0.6) is 5.75 Å². The molecule has 0 unspecified atom stereocenters. The van der Waals surface area contributed by atoms with Crippen molar-refractivity contribution >= 4 is 38.5 Å². The molecular formula is C19H16BrNO4. The molecule has 0 fully saturated rings. The number of amides is 1. The predicted octanol–water partition coefficient (Wildman–Crippen LogP) is 4.27. The number of carbonyl (C=O) groups is 1. The number of rotatable bonds is 4. The Balaban J connectivity index is 1.73. The fourth-order valence-electron chi connectivity index (χ4n) is 2.33. The zero-order chi connectivity index (χ0) is 18.0. The molecule has 0 aliphatic rings. The Kier molecular flexibility index (Phi) is 4.90. The average Bonchev–Trinajstić information content (AvgIpc) is 2.57. The monoisotopic (exact) mass is 401 g/mol. The lowest BCUT2D eigenvalue weighted by Crippen LogP contribution is -2.30. The van der Waals surface area contributed by atoms with Gasteiger partial charge in [0.15, 0.2) is 6.10 Å². The molecule has 0 radical (unpaired) electrons. The van der Waals surface area contributed by atoms with E-state index in [1.165, 1.54) is 6.07 Å². The average molecular weight is 402 g/mol. The molecule has 1 heterocycles. The smallest absolute Gasteiger partial charge is 0.336 e. The molecule has 1 aromatic heterocycles. The van der Waals surface area contributed by atoms with Gasteiger partial charge in [0.1, 0.15) is 11.3 Å². The Labute approximate surface area is 152 Å². The molecule has 3 aromatic rings. The van der Waals surface area contributed by atoms with Crippen LogP contribution in [0.2, 0.25) is 0 Å². The van der Waals surface area contributed by atoms with E-state index >= 15 is 0 Å². The second kappa shape index (κ2) is 7.11. The predicted molar refractivity (Wildman–Crippen MR) is 100 cm³/mol. The maximum absolute atomic E-state index is 12.3. The highest BCUT2D eigenvalue weighted by Gasteiger charge is 2.16. The van der Waals surface area contributed by atoms with Crippen LogP contribution in [0, 0.1) is 6.92 Å². The summed E-state index contributed by atoms with van der Waals surface area (Å²) in [6.45, 7) is 3.63. The SMILES string of the molecule is Cc1ccc(NC(=O)[C@H](C)Oc2ccc3ccc(=O)oc3c2)c(Br)c1. The van der Waals surface area contributed by atoms with Crippen LogP contribution in [0.4, 0.5) is 5.69 Å². The topological polar surface area (TPSA) is 68.5 Å². The first kappa shape index (κ1) is 17.2. The van der Waals surface area contributed by atoms with Crippen molar-refractivity contribution in [2.45, 2.75) is 20.0 Å². The van der Waals surface area contributed by atoms with E-state index in [2.05, 4.69) is 21.2 Å². The van der Waals surface area contributed by atoms with Gasteiger partial charge in [-0.1, -0.05) is 6.07 Å². The maximum atomic E-state index is 12.3. The van der Waals surface area contributed by atoms with Gasteiger partial charge in [0.2, 0.25) is 0 Å². The molecule has 1 atom stereocenters. The first-order valence-electron chi connectivity index (χ1n) is 7.70. The quantitative estimate of drug-likeness (QED) is 0.662. The zero-order valence-electron chi connectivity index (χ0n) is 13.7. The molecule has 1 amide bonds. The molecule has 0 saturated carbocycles. The van der Waals surface area contributed by atoms with Gasteiger partial charge in [-0.15, -0.1) is 0 Å². The van der Waals surface area contributed by atoms with E-state index in [1.54, 1.807) is 31.2 Å². The first-order chi connectivity index (χ1) is 11.9. The molecular weight excluding hydrogens is 386 g/mol. The number of carbonyl (C=O) groups excluding carboxylic acids is 1. The van der Waals surface area contributed by atoms with E-state index in [4.69, 9.17) is 9.15 Å². The van der Waals surface area contributed by atoms with E-state index in [0.717, 1.165) is 15.4 Å². The third-order valence-electron chi connectivity index (χ3n) is 3.66. The molecule has 25 heavy (non-hydrogen) atoms. The Morgan fingerprint density at radius 1 is 1.16 bits per heavy atom. The first-order valence-corrected chi connectivity index (χ1v) is 8.49. The Hall–Kier alpha value is -2.60. The largest absolute Gasteiger partial charge is 0.481 e. The van der Waals surface area contributed by atoms with Gasteiger partial charge in [0.25, 0.3) is 5.91 Å². The Morgan fingerprint density at radius 3 is 2.68 bits per heavy atom. The van der Waals surface area contributed by atoms with Crippen molar-refractivity contribution in [3.63, 3.8) is 0 Å². The van der Waals surface area contributed by atoms with Crippen LogP contribution in [0.1, 0.15) is 12.5 Å². The van der Waals surface area contributed by atoms with Gasteiger partial charge in [-0.3, -0.25) is 4.79 Å². The third kappa shape index (κ3) is 4.09. The van der Waals surface area contributed by atoms with E-state index in [0.29, 0.717) is 17.0 Å². The lowest BCUT2D eigenvalue weighted by atomic mass is 10.2. The molecule has 128 valence electrons. The number of benzene rings is 2. The molecule has 1 N–H and O–H groups in total. The van der Waals surface area contributed by atoms with Crippen LogP contribution >= 0.6 is 15.9 Å². The highest BCUT2D eigenvalue weighted by atomic mass is 79.9. The van der Waals surface area contributed by atoms with E-state index < -0.39 is 11.7 Å². The Bertz CT molecular complexity index is 996. The van der Waals surface area contributed by atoms with Gasteiger partial charge in [-0.05, 0) is 65.7 Å². The molecule has 2 aromatic carbocycles. The van der Waals surface area contributed by atoms with Crippen molar-refractivity contribution < 1.29 is 13.9 Å². The summed E-state index contributed by atoms with van der Waals surface area (Å²) in [7, 11) is 0. The molecule has 6 heteroatoms. The van der Waals surface area contributed by atoms with Crippen LogP contribution in [-0.4, -0.2) is 12.0 Å². The number of hydrogen-bond acceptors (Lipinski definition) is 4. The number of aryl methyl sites for hydroxylation is 1. The van der Waals surface area contributed by atoms with E-state index in [1.807, 2.05) is 25.1 Å². The van der Waals surface area contributed by atoms with Crippen LogP contribution in [0.3, 0.4) is 0 Å². The van der Waals surface area contributed by atoms with Crippen molar-refractivity contribution in [3.05, 3.63) is 69.0 Å². The maximum Gasteiger partial charge on any atom is 0.336 e.